The van der Waals surface area contributed by atoms with Gasteiger partial charge in [0.05, 0.1) is 5.92 Å². The molecule has 6 heteroatoms. The summed E-state index contributed by atoms with van der Waals surface area (Å²) in [7, 11) is -2.69. The Hall–Kier alpha value is -1.69. The number of hydrogen-bond donors (Lipinski definition) is 0. The largest absolute Gasteiger partial charge is 0.298 e. The molecule has 23 heavy (non-hydrogen) atoms. The summed E-state index contributed by atoms with van der Waals surface area (Å²) in [5.74, 6) is -1.82. The van der Waals surface area contributed by atoms with Crippen molar-refractivity contribution in [2.45, 2.75) is 50.7 Å². The first kappa shape index (κ1) is 17.7. The van der Waals surface area contributed by atoms with Gasteiger partial charge >= 0.3 is 0 Å². The molecule has 0 aromatic heterocycles. The van der Waals surface area contributed by atoms with Crippen molar-refractivity contribution < 1.29 is 18.0 Å². The molecular weight excluding hydrogens is 314 g/mol. The van der Waals surface area contributed by atoms with Gasteiger partial charge in [0, 0.05) is 13.5 Å². The molecule has 0 radical (unpaired) electrons. The molecule has 1 aliphatic rings. The molecule has 0 unspecified atom stereocenters. The Balaban J connectivity index is 2.38. The number of likely N-dealkylation sites (N-methyl/N-ethyl adjacent to an activating group) is 1. The Kier molecular flexibility index (Phi) is 5.24. The van der Waals surface area contributed by atoms with Gasteiger partial charge in [0.2, 0.25) is 15.9 Å². The fourth-order valence-corrected chi connectivity index (χ4v) is 4.70. The van der Waals surface area contributed by atoms with Crippen LogP contribution in [0.1, 0.15) is 49.7 Å². The van der Waals surface area contributed by atoms with Crippen molar-refractivity contribution in [2.75, 3.05) is 7.05 Å². The fraction of sp³-hybridized carbons (Fsp3) is 0.529. The molecule has 1 saturated heterocycles. The van der Waals surface area contributed by atoms with Crippen molar-refractivity contribution in [3.63, 3.8) is 0 Å². The number of nitrogens with zero attached hydrogens (tertiary/aromatic N) is 1. The van der Waals surface area contributed by atoms with Gasteiger partial charge in [-0.05, 0) is 18.9 Å². The summed E-state index contributed by atoms with van der Waals surface area (Å²) in [6.07, 6.45) is 2.67. The normalized spacial score (nSPS) is 23.3. The molecule has 0 spiro atoms. The van der Waals surface area contributed by atoms with Crippen LogP contribution in [0.3, 0.4) is 0 Å². The van der Waals surface area contributed by atoms with Crippen molar-refractivity contribution in [3.8, 4) is 0 Å². The SMILES string of the molecule is CCCCCC(=O)[C@H]1[C@H](c2ccc(C)cc2)C(=O)N(C)S1(=O)=O. The minimum atomic E-state index is -3.92. The van der Waals surface area contributed by atoms with Crippen LogP contribution in [0.25, 0.3) is 0 Å². The van der Waals surface area contributed by atoms with Crippen molar-refractivity contribution in [1.82, 2.24) is 4.31 Å². The lowest BCUT2D eigenvalue weighted by molar-refractivity contribution is -0.128. The molecule has 1 amide bonds. The maximum absolute atomic E-state index is 12.5. The zero-order valence-electron chi connectivity index (χ0n) is 13.8. The molecule has 1 fully saturated rings. The van der Waals surface area contributed by atoms with Crippen LogP contribution in [0.5, 0.6) is 0 Å². The van der Waals surface area contributed by atoms with Crippen LogP contribution >= 0.6 is 0 Å². The summed E-state index contributed by atoms with van der Waals surface area (Å²) in [4.78, 5) is 25.0. The second-order valence-electron chi connectivity index (χ2n) is 6.08. The topological polar surface area (TPSA) is 71.5 Å². The van der Waals surface area contributed by atoms with Gasteiger partial charge in [-0.3, -0.25) is 9.59 Å². The number of Topliss-reactive ketones (excluding diaryl/α,β-unsaturated/α-hetero) is 1. The van der Waals surface area contributed by atoms with Gasteiger partial charge in [-0.2, -0.15) is 0 Å². The molecular formula is C17H23NO4S. The van der Waals surface area contributed by atoms with E-state index in [1.165, 1.54) is 7.05 Å². The fourth-order valence-electron chi connectivity index (χ4n) is 2.93. The zero-order valence-corrected chi connectivity index (χ0v) is 14.6. The third-order valence-electron chi connectivity index (χ3n) is 4.36. The first-order valence-electron chi connectivity index (χ1n) is 7.91. The summed E-state index contributed by atoms with van der Waals surface area (Å²) < 4.78 is 25.8. The van der Waals surface area contributed by atoms with E-state index in [9.17, 15) is 18.0 Å². The highest BCUT2D eigenvalue weighted by atomic mass is 32.2. The zero-order chi connectivity index (χ0) is 17.2. The van der Waals surface area contributed by atoms with Gasteiger partial charge in [-0.15, -0.1) is 0 Å². The predicted octanol–water partition coefficient (Wildman–Crippen LogP) is 2.40. The van der Waals surface area contributed by atoms with E-state index in [4.69, 9.17) is 0 Å². The number of carbonyl (C=O) groups is 2. The Morgan fingerprint density at radius 2 is 1.78 bits per heavy atom. The Morgan fingerprint density at radius 3 is 2.35 bits per heavy atom. The van der Waals surface area contributed by atoms with Gasteiger partial charge in [0.25, 0.3) is 0 Å². The first-order chi connectivity index (χ1) is 10.8. The van der Waals surface area contributed by atoms with Gasteiger partial charge in [0.1, 0.15) is 0 Å². The van der Waals surface area contributed by atoms with Crippen LogP contribution < -0.4 is 0 Å². The molecule has 1 aromatic rings. The minimum absolute atomic E-state index is 0.196. The summed E-state index contributed by atoms with van der Waals surface area (Å²) >= 11 is 0. The van der Waals surface area contributed by atoms with Crippen LogP contribution in [0.4, 0.5) is 0 Å². The third-order valence-corrected chi connectivity index (χ3v) is 6.48. The number of amides is 1. The van der Waals surface area contributed by atoms with E-state index >= 15 is 0 Å². The quantitative estimate of drug-likeness (QED) is 0.747. The van der Waals surface area contributed by atoms with Crippen molar-refractivity contribution in [3.05, 3.63) is 35.4 Å². The number of ketones is 1. The van der Waals surface area contributed by atoms with Crippen LogP contribution in [-0.4, -0.2) is 36.7 Å². The minimum Gasteiger partial charge on any atom is -0.298 e. The molecule has 1 aromatic carbocycles. The van der Waals surface area contributed by atoms with E-state index in [1.807, 2.05) is 26.0 Å². The lowest BCUT2D eigenvalue weighted by Gasteiger charge is -2.15. The number of benzene rings is 1. The van der Waals surface area contributed by atoms with Gasteiger partial charge in [0.15, 0.2) is 11.0 Å². The number of hydrogen-bond acceptors (Lipinski definition) is 4. The standard InChI is InChI=1S/C17H23NO4S/c1-4-5-6-7-14(19)16-15(13-10-8-12(2)9-11-13)17(20)18(3)23(16,21)22/h8-11,15-16H,4-7H2,1-3H3/t15-,16-/m0/s1. The van der Waals surface area contributed by atoms with E-state index in [0.29, 0.717) is 12.0 Å². The summed E-state index contributed by atoms with van der Waals surface area (Å²) in [6.45, 7) is 3.93. The molecule has 0 saturated carbocycles. The second-order valence-corrected chi connectivity index (χ2v) is 8.17. The molecule has 5 nitrogen and oxygen atoms in total. The monoisotopic (exact) mass is 337 g/mol. The molecule has 1 heterocycles. The molecule has 2 atom stereocenters. The third kappa shape index (κ3) is 3.32. The molecule has 126 valence electrons. The van der Waals surface area contributed by atoms with Gasteiger partial charge in [-0.25, -0.2) is 12.7 Å². The molecule has 0 N–H and O–H groups in total. The maximum atomic E-state index is 12.5. The highest BCUT2D eigenvalue weighted by Crippen LogP contribution is 2.36. The maximum Gasteiger partial charge on any atom is 0.248 e. The smallest absolute Gasteiger partial charge is 0.248 e. The molecule has 0 aliphatic carbocycles. The average molecular weight is 337 g/mol. The van der Waals surface area contributed by atoms with E-state index < -0.39 is 27.1 Å². The lowest BCUT2D eigenvalue weighted by Crippen LogP contribution is -2.33. The Labute approximate surface area is 137 Å². The van der Waals surface area contributed by atoms with E-state index in [2.05, 4.69) is 0 Å². The number of unbranched alkanes of at least 4 members (excludes halogenated alkanes) is 2. The Bertz CT molecular complexity index is 694. The van der Waals surface area contributed by atoms with Crippen molar-refractivity contribution >= 4 is 21.7 Å². The second kappa shape index (κ2) is 6.83. The van der Waals surface area contributed by atoms with Crippen LogP contribution in [-0.2, 0) is 19.6 Å². The summed E-state index contributed by atoms with van der Waals surface area (Å²) in [6, 6.07) is 7.12. The summed E-state index contributed by atoms with van der Waals surface area (Å²) in [5.41, 5.74) is 1.60. The molecule has 0 bridgehead atoms. The number of rotatable bonds is 6. The van der Waals surface area contributed by atoms with E-state index in [1.54, 1.807) is 12.1 Å². The first-order valence-corrected chi connectivity index (χ1v) is 9.42. The van der Waals surface area contributed by atoms with Gasteiger partial charge < -0.3 is 0 Å². The van der Waals surface area contributed by atoms with E-state index in [-0.39, 0.29) is 12.2 Å². The van der Waals surface area contributed by atoms with Crippen molar-refractivity contribution in [1.29, 1.82) is 0 Å². The Morgan fingerprint density at radius 1 is 1.17 bits per heavy atom. The lowest BCUT2D eigenvalue weighted by atomic mass is 9.90. The van der Waals surface area contributed by atoms with E-state index in [0.717, 1.165) is 22.7 Å². The number of carbonyl (C=O) groups excluding carboxylic acids is 2. The van der Waals surface area contributed by atoms with Gasteiger partial charge in [-0.1, -0.05) is 49.6 Å². The molecule has 1 aliphatic heterocycles. The highest BCUT2D eigenvalue weighted by molar-refractivity contribution is 7.91. The number of aryl methyl sites for hydroxylation is 1. The highest BCUT2D eigenvalue weighted by Gasteiger charge is 2.54. The van der Waals surface area contributed by atoms with Crippen molar-refractivity contribution in [2.24, 2.45) is 0 Å². The molecule has 2 rings (SSSR count). The van der Waals surface area contributed by atoms with Crippen LogP contribution in [0.2, 0.25) is 0 Å². The van der Waals surface area contributed by atoms with Crippen LogP contribution in [0, 0.1) is 6.92 Å². The van der Waals surface area contributed by atoms with Crippen LogP contribution in [0.15, 0.2) is 24.3 Å². The summed E-state index contributed by atoms with van der Waals surface area (Å²) in [5, 5.41) is -1.29. The predicted molar refractivity (Wildman–Crippen MR) is 88.5 cm³/mol. The average Bonchev–Trinajstić information content (AvgIpc) is 2.68. The number of sulfonamides is 1.